The Morgan fingerprint density at radius 3 is 2.73 bits per heavy atom. The van der Waals surface area contributed by atoms with Crippen LogP contribution in [-0.2, 0) is 11.3 Å². The number of halogens is 1. The Morgan fingerprint density at radius 1 is 1.21 bits per heavy atom. The molecule has 0 bridgehead atoms. The van der Waals surface area contributed by atoms with Crippen LogP contribution in [0.5, 0.6) is 0 Å². The molecule has 4 heterocycles. The molecule has 0 unspecified atom stereocenters. The number of amides is 1. The van der Waals surface area contributed by atoms with Gasteiger partial charge in [-0.3, -0.25) is 19.1 Å². The van der Waals surface area contributed by atoms with Crippen molar-refractivity contribution in [1.82, 2.24) is 19.8 Å². The fourth-order valence-electron chi connectivity index (χ4n) is 4.29. The number of carbonyl (C=O) groups excluding carboxylic acids is 1. The van der Waals surface area contributed by atoms with E-state index in [1.54, 1.807) is 18.4 Å². The first-order valence-electron chi connectivity index (χ1n) is 10.9. The smallest absolute Gasteiger partial charge is 0.263 e. The number of rotatable bonds is 7. The van der Waals surface area contributed by atoms with Crippen LogP contribution in [0, 0.1) is 5.82 Å². The lowest BCUT2D eigenvalue weighted by Crippen LogP contribution is -2.39. The van der Waals surface area contributed by atoms with Gasteiger partial charge in [-0.15, -0.1) is 11.3 Å². The number of nitrogens with zero attached hydrogens (tertiary/aromatic N) is 3. The van der Waals surface area contributed by atoms with Crippen LogP contribution in [0.4, 0.5) is 4.39 Å². The second kappa shape index (κ2) is 9.29. The zero-order valence-corrected chi connectivity index (χ0v) is 18.7. The number of fused-ring (bicyclic) bond motifs is 1. The van der Waals surface area contributed by atoms with Gasteiger partial charge in [0.2, 0.25) is 5.91 Å². The Hall–Kier alpha value is -3.30. The lowest BCUT2D eigenvalue weighted by molar-refractivity contribution is -0.122. The molecule has 170 valence electrons. The van der Waals surface area contributed by atoms with Crippen LogP contribution in [-0.4, -0.2) is 40.0 Å². The van der Waals surface area contributed by atoms with Crippen molar-refractivity contribution >= 4 is 27.5 Å². The molecule has 0 spiro atoms. The van der Waals surface area contributed by atoms with Crippen LogP contribution in [0.1, 0.15) is 24.6 Å². The zero-order valence-electron chi connectivity index (χ0n) is 17.9. The largest absolute Gasteiger partial charge is 0.468 e. The number of likely N-dealkylation sites (tertiary alicyclic amines) is 1. The summed E-state index contributed by atoms with van der Waals surface area (Å²) in [4.78, 5) is 33.2. The molecule has 1 amide bonds. The van der Waals surface area contributed by atoms with Crippen molar-refractivity contribution in [1.29, 1.82) is 0 Å². The SMILES string of the molecule is O=C(Cn1cnc2scc(-c3ccc(F)cc3)c2c1=O)NC[C@@H](c1ccco1)N1CCCC1. The van der Waals surface area contributed by atoms with E-state index in [1.165, 1.54) is 34.4 Å². The topological polar surface area (TPSA) is 80.4 Å². The molecule has 1 saturated heterocycles. The molecular weight excluding hydrogens is 443 g/mol. The van der Waals surface area contributed by atoms with Crippen LogP contribution in [0.3, 0.4) is 0 Å². The molecule has 4 aromatic rings. The fourth-order valence-corrected chi connectivity index (χ4v) is 5.19. The Kier molecular flexibility index (Phi) is 6.06. The summed E-state index contributed by atoms with van der Waals surface area (Å²) in [6.07, 6.45) is 5.30. The van der Waals surface area contributed by atoms with E-state index >= 15 is 0 Å². The van der Waals surface area contributed by atoms with Gasteiger partial charge < -0.3 is 9.73 Å². The fraction of sp³-hybridized carbons (Fsp3) is 0.292. The molecule has 9 heteroatoms. The molecule has 1 aliphatic heterocycles. The van der Waals surface area contributed by atoms with E-state index < -0.39 is 0 Å². The normalized spacial score (nSPS) is 15.2. The van der Waals surface area contributed by atoms with Gasteiger partial charge in [-0.2, -0.15) is 0 Å². The number of benzene rings is 1. The Labute approximate surface area is 193 Å². The molecule has 3 aromatic heterocycles. The van der Waals surface area contributed by atoms with E-state index in [1.807, 2.05) is 17.5 Å². The zero-order chi connectivity index (χ0) is 22.8. The number of nitrogens with one attached hydrogen (secondary N) is 1. The molecule has 1 atom stereocenters. The van der Waals surface area contributed by atoms with Crippen molar-refractivity contribution in [2.75, 3.05) is 19.6 Å². The van der Waals surface area contributed by atoms with Gasteiger partial charge in [0.25, 0.3) is 5.56 Å². The number of carbonyl (C=O) groups is 1. The summed E-state index contributed by atoms with van der Waals surface area (Å²) >= 11 is 1.35. The first kappa shape index (κ1) is 21.5. The highest BCUT2D eigenvalue weighted by Gasteiger charge is 2.26. The van der Waals surface area contributed by atoms with Crippen molar-refractivity contribution in [3.63, 3.8) is 0 Å². The predicted octanol–water partition coefficient (Wildman–Crippen LogP) is 3.81. The Balaban J connectivity index is 1.34. The molecule has 1 fully saturated rings. The van der Waals surface area contributed by atoms with E-state index in [0.29, 0.717) is 22.3 Å². The van der Waals surface area contributed by atoms with Crippen molar-refractivity contribution in [3.05, 3.63) is 76.3 Å². The number of hydrogen-bond acceptors (Lipinski definition) is 6. The summed E-state index contributed by atoms with van der Waals surface area (Å²) in [5, 5.41) is 5.22. The van der Waals surface area contributed by atoms with Crippen LogP contribution in [0.2, 0.25) is 0 Å². The summed E-state index contributed by atoms with van der Waals surface area (Å²) in [7, 11) is 0. The first-order chi connectivity index (χ1) is 16.1. The van der Waals surface area contributed by atoms with Crippen molar-refractivity contribution in [2.24, 2.45) is 0 Å². The summed E-state index contributed by atoms with van der Waals surface area (Å²) in [5.41, 5.74) is 1.13. The maximum atomic E-state index is 13.3. The quantitative estimate of drug-likeness (QED) is 0.448. The molecule has 7 nitrogen and oxygen atoms in total. The monoisotopic (exact) mass is 466 g/mol. The molecule has 1 aliphatic rings. The van der Waals surface area contributed by atoms with Gasteiger partial charge in [-0.1, -0.05) is 12.1 Å². The van der Waals surface area contributed by atoms with Gasteiger partial charge in [0.1, 0.15) is 23.0 Å². The first-order valence-corrected chi connectivity index (χ1v) is 11.7. The van der Waals surface area contributed by atoms with Crippen molar-refractivity contribution in [3.8, 4) is 11.1 Å². The van der Waals surface area contributed by atoms with E-state index in [-0.39, 0.29) is 29.9 Å². The van der Waals surface area contributed by atoms with Crippen molar-refractivity contribution < 1.29 is 13.6 Å². The maximum Gasteiger partial charge on any atom is 0.263 e. The second-order valence-electron chi connectivity index (χ2n) is 8.09. The van der Waals surface area contributed by atoms with Gasteiger partial charge in [0.15, 0.2) is 0 Å². The third kappa shape index (κ3) is 4.46. The number of furan rings is 1. The van der Waals surface area contributed by atoms with Gasteiger partial charge in [-0.25, -0.2) is 9.37 Å². The van der Waals surface area contributed by atoms with Gasteiger partial charge in [0.05, 0.1) is 24.0 Å². The summed E-state index contributed by atoms with van der Waals surface area (Å²) in [6, 6.07) is 9.71. The van der Waals surface area contributed by atoms with Crippen LogP contribution in [0.25, 0.3) is 21.3 Å². The second-order valence-corrected chi connectivity index (χ2v) is 8.95. The van der Waals surface area contributed by atoms with Crippen LogP contribution in [0.15, 0.2) is 63.6 Å². The van der Waals surface area contributed by atoms with E-state index in [2.05, 4.69) is 15.2 Å². The molecule has 0 aliphatic carbocycles. The molecule has 5 rings (SSSR count). The Bertz CT molecular complexity index is 1310. The van der Waals surface area contributed by atoms with Gasteiger partial charge in [0, 0.05) is 17.5 Å². The van der Waals surface area contributed by atoms with E-state index in [0.717, 1.165) is 37.3 Å². The van der Waals surface area contributed by atoms with Crippen LogP contribution < -0.4 is 10.9 Å². The number of thiophene rings is 1. The molecular formula is C24H23FN4O3S. The number of aromatic nitrogens is 2. The van der Waals surface area contributed by atoms with Gasteiger partial charge >= 0.3 is 0 Å². The number of hydrogen-bond donors (Lipinski definition) is 1. The highest BCUT2D eigenvalue weighted by Crippen LogP contribution is 2.30. The maximum absolute atomic E-state index is 13.3. The van der Waals surface area contributed by atoms with Crippen LogP contribution >= 0.6 is 11.3 Å². The Morgan fingerprint density at radius 2 is 2.00 bits per heavy atom. The average Bonchev–Trinajstić information content (AvgIpc) is 3.59. The van der Waals surface area contributed by atoms with Gasteiger partial charge in [-0.05, 0) is 55.8 Å². The highest BCUT2D eigenvalue weighted by atomic mass is 32.1. The lowest BCUT2D eigenvalue weighted by atomic mass is 10.1. The predicted molar refractivity (Wildman–Crippen MR) is 125 cm³/mol. The van der Waals surface area contributed by atoms with E-state index in [9.17, 15) is 14.0 Å². The molecule has 33 heavy (non-hydrogen) atoms. The minimum absolute atomic E-state index is 0.0364. The van der Waals surface area contributed by atoms with E-state index in [4.69, 9.17) is 4.42 Å². The lowest BCUT2D eigenvalue weighted by Gasteiger charge is -2.26. The van der Waals surface area contributed by atoms with Crippen molar-refractivity contribution in [2.45, 2.75) is 25.4 Å². The standard InChI is InChI=1S/C24H23FN4O3S/c25-17-7-5-16(6-8-17)18-14-33-23-22(18)24(31)29(15-27-23)13-21(30)26-12-19(20-4-3-11-32-20)28-9-1-2-10-28/h3-8,11,14-15,19H,1-2,9-10,12-13H2,(H,26,30)/t19-/m0/s1. The molecule has 1 aromatic carbocycles. The summed E-state index contributed by atoms with van der Waals surface area (Å²) in [6.45, 7) is 2.19. The molecule has 1 N–H and O–H groups in total. The highest BCUT2D eigenvalue weighted by molar-refractivity contribution is 7.17. The minimum atomic E-state index is -0.340. The average molecular weight is 467 g/mol. The summed E-state index contributed by atoms with van der Waals surface area (Å²) < 4.78 is 20.2. The third-order valence-electron chi connectivity index (χ3n) is 5.98. The minimum Gasteiger partial charge on any atom is -0.468 e. The molecule has 0 radical (unpaired) electrons. The summed E-state index contributed by atoms with van der Waals surface area (Å²) in [5.74, 6) is 0.208. The third-order valence-corrected chi connectivity index (χ3v) is 6.86. The molecule has 0 saturated carbocycles.